The second-order valence-electron chi connectivity index (χ2n) is 5.15. The number of amides is 1. The van der Waals surface area contributed by atoms with E-state index in [0.717, 1.165) is 32.0 Å². The van der Waals surface area contributed by atoms with Crippen LogP contribution >= 0.6 is 0 Å². The van der Waals surface area contributed by atoms with Crippen molar-refractivity contribution in [2.24, 2.45) is 0 Å². The second kappa shape index (κ2) is 6.23. The zero-order valence-electron chi connectivity index (χ0n) is 12.0. The van der Waals surface area contributed by atoms with Crippen LogP contribution in [0.1, 0.15) is 23.2 Å². The Balaban J connectivity index is 1.74. The Morgan fingerprint density at radius 1 is 1.00 bits per heavy atom. The Hall–Kier alpha value is -2.64. The van der Waals surface area contributed by atoms with Gasteiger partial charge in [-0.1, -0.05) is 0 Å². The van der Waals surface area contributed by atoms with Crippen LogP contribution in [0.15, 0.2) is 24.3 Å². The maximum atomic E-state index is 13.6. The van der Waals surface area contributed by atoms with Crippen LogP contribution in [-0.2, 0) is 0 Å². The summed E-state index contributed by atoms with van der Waals surface area (Å²) in [6.45, 7) is 1.81. The first kappa shape index (κ1) is 15.3. The van der Waals surface area contributed by atoms with Gasteiger partial charge in [0.25, 0.3) is 5.91 Å². The van der Waals surface area contributed by atoms with Crippen molar-refractivity contribution in [1.29, 1.82) is 0 Å². The molecule has 120 valence electrons. The van der Waals surface area contributed by atoms with E-state index in [-0.39, 0.29) is 5.82 Å². The molecule has 1 amide bonds. The molecule has 1 N–H and O–H groups in total. The van der Waals surface area contributed by atoms with Crippen LogP contribution in [-0.4, -0.2) is 29.2 Å². The van der Waals surface area contributed by atoms with Crippen molar-refractivity contribution in [3.05, 3.63) is 47.3 Å². The normalized spacial score (nSPS) is 14.1. The molecule has 2 heterocycles. The van der Waals surface area contributed by atoms with Crippen LogP contribution in [0, 0.1) is 17.5 Å². The maximum absolute atomic E-state index is 13.6. The standard InChI is InChI=1S/C15H13F3N4O/c16-10-4-3-9(13(17)14(10)18)15(23)19-11-5-6-12(21-20-11)22-7-1-2-8-22/h3-6H,1-2,7-8H2,(H,19,20,23). The largest absolute Gasteiger partial charge is 0.355 e. The number of hydrogen-bond donors (Lipinski definition) is 1. The molecule has 0 radical (unpaired) electrons. The Morgan fingerprint density at radius 2 is 1.74 bits per heavy atom. The Kier molecular flexibility index (Phi) is 4.14. The van der Waals surface area contributed by atoms with Gasteiger partial charge in [0.2, 0.25) is 0 Å². The van der Waals surface area contributed by atoms with Gasteiger partial charge in [0, 0.05) is 13.1 Å². The van der Waals surface area contributed by atoms with E-state index in [1.807, 2.05) is 0 Å². The molecule has 5 nitrogen and oxygen atoms in total. The molecule has 0 aliphatic carbocycles. The zero-order valence-corrected chi connectivity index (χ0v) is 12.0. The first-order valence-electron chi connectivity index (χ1n) is 7.10. The second-order valence-corrected chi connectivity index (χ2v) is 5.15. The van der Waals surface area contributed by atoms with Crippen LogP contribution in [0.4, 0.5) is 24.8 Å². The Labute approximate surface area is 130 Å². The molecule has 8 heteroatoms. The summed E-state index contributed by atoms with van der Waals surface area (Å²) >= 11 is 0. The van der Waals surface area contributed by atoms with Crippen LogP contribution in [0.3, 0.4) is 0 Å². The molecule has 1 fully saturated rings. The molecule has 1 aliphatic heterocycles. The van der Waals surface area contributed by atoms with E-state index in [4.69, 9.17) is 0 Å². The van der Waals surface area contributed by atoms with E-state index in [9.17, 15) is 18.0 Å². The van der Waals surface area contributed by atoms with Crippen molar-refractivity contribution in [2.45, 2.75) is 12.8 Å². The lowest BCUT2D eigenvalue weighted by Crippen LogP contribution is -2.20. The first-order chi connectivity index (χ1) is 11.1. The van der Waals surface area contributed by atoms with E-state index in [0.29, 0.717) is 11.9 Å². The molecule has 0 unspecified atom stereocenters. The number of nitrogens with zero attached hydrogens (tertiary/aromatic N) is 3. The molecule has 23 heavy (non-hydrogen) atoms. The van der Waals surface area contributed by atoms with Crippen molar-refractivity contribution in [2.75, 3.05) is 23.3 Å². The summed E-state index contributed by atoms with van der Waals surface area (Å²) in [5, 5.41) is 10.1. The number of rotatable bonds is 3. The van der Waals surface area contributed by atoms with E-state index < -0.39 is 28.9 Å². The first-order valence-corrected chi connectivity index (χ1v) is 7.10. The van der Waals surface area contributed by atoms with E-state index in [1.165, 1.54) is 6.07 Å². The van der Waals surface area contributed by atoms with Crippen LogP contribution < -0.4 is 10.2 Å². The van der Waals surface area contributed by atoms with E-state index in [2.05, 4.69) is 20.4 Å². The van der Waals surface area contributed by atoms with Crippen LogP contribution in [0.2, 0.25) is 0 Å². The van der Waals surface area contributed by atoms with Gasteiger partial charge in [-0.15, -0.1) is 10.2 Å². The van der Waals surface area contributed by atoms with Crippen molar-refractivity contribution in [1.82, 2.24) is 10.2 Å². The Bertz CT molecular complexity index is 730. The molecule has 1 aromatic carbocycles. The molecule has 0 saturated carbocycles. The highest BCUT2D eigenvalue weighted by molar-refractivity contribution is 6.03. The van der Waals surface area contributed by atoms with Crippen molar-refractivity contribution in [3.8, 4) is 0 Å². The minimum atomic E-state index is -1.69. The number of halogens is 3. The maximum Gasteiger partial charge on any atom is 0.259 e. The van der Waals surface area contributed by atoms with Gasteiger partial charge in [-0.25, -0.2) is 13.2 Å². The van der Waals surface area contributed by atoms with Gasteiger partial charge in [-0.2, -0.15) is 0 Å². The number of benzene rings is 1. The van der Waals surface area contributed by atoms with E-state index >= 15 is 0 Å². The molecule has 2 aromatic rings. The predicted molar refractivity (Wildman–Crippen MR) is 77.7 cm³/mol. The summed E-state index contributed by atoms with van der Waals surface area (Å²) in [5.74, 6) is -4.71. The molecule has 1 aromatic heterocycles. The average molecular weight is 322 g/mol. The average Bonchev–Trinajstić information content (AvgIpc) is 3.08. The summed E-state index contributed by atoms with van der Waals surface area (Å²) in [6, 6.07) is 4.77. The fraction of sp³-hybridized carbons (Fsp3) is 0.267. The van der Waals surface area contributed by atoms with Gasteiger partial charge in [0.1, 0.15) is 0 Å². The lowest BCUT2D eigenvalue weighted by atomic mass is 10.2. The molecule has 1 saturated heterocycles. The van der Waals surface area contributed by atoms with Crippen LogP contribution in [0.25, 0.3) is 0 Å². The van der Waals surface area contributed by atoms with Gasteiger partial charge in [0.15, 0.2) is 29.1 Å². The monoisotopic (exact) mass is 322 g/mol. The molecule has 3 rings (SSSR count). The third-order valence-electron chi connectivity index (χ3n) is 3.60. The fourth-order valence-electron chi connectivity index (χ4n) is 2.39. The number of aromatic nitrogens is 2. The number of carbonyl (C=O) groups excluding carboxylic acids is 1. The highest BCUT2D eigenvalue weighted by Crippen LogP contribution is 2.19. The van der Waals surface area contributed by atoms with Gasteiger partial charge >= 0.3 is 0 Å². The lowest BCUT2D eigenvalue weighted by Gasteiger charge is -2.15. The molecule has 0 atom stereocenters. The van der Waals surface area contributed by atoms with Crippen LogP contribution in [0.5, 0.6) is 0 Å². The molecule has 0 spiro atoms. The van der Waals surface area contributed by atoms with Crippen molar-refractivity contribution >= 4 is 17.5 Å². The summed E-state index contributed by atoms with van der Waals surface area (Å²) < 4.78 is 39.6. The van der Waals surface area contributed by atoms with E-state index in [1.54, 1.807) is 6.07 Å². The molecule has 0 bridgehead atoms. The van der Waals surface area contributed by atoms with Gasteiger partial charge in [-0.3, -0.25) is 4.79 Å². The lowest BCUT2D eigenvalue weighted by molar-refractivity contribution is 0.102. The third-order valence-corrected chi connectivity index (χ3v) is 3.60. The third kappa shape index (κ3) is 3.10. The number of hydrogen-bond acceptors (Lipinski definition) is 4. The minimum absolute atomic E-state index is 0.0991. The topological polar surface area (TPSA) is 58.1 Å². The zero-order chi connectivity index (χ0) is 16.4. The fourth-order valence-corrected chi connectivity index (χ4v) is 2.39. The summed E-state index contributed by atoms with van der Waals surface area (Å²) in [4.78, 5) is 14.0. The highest BCUT2D eigenvalue weighted by Gasteiger charge is 2.19. The van der Waals surface area contributed by atoms with Gasteiger partial charge in [0.05, 0.1) is 5.56 Å². The smallest absolute Gasteiger partial charge is 0.259 e. The minimum Gasteiger partial charge on any atom is -0.355 e. The SMILES string of the molecule is O=C(Nc1ccc(N2CCCC2)nn1)c1ccc(F)c(F)c1F. The molecular weight excluding hydrogens is 309 g/mol. The highest BCUT2D eigenvalue weighted by atomic mass is 19.2. The van der Waals surface area contributed by atoms with Crippen molar-refractivity contribution in [3.63, 3.8) is 0 Å². The van der Waals surface area contributed by atoms with Crippen molar-refractivity contribution < 1.29 is 18.0 Å². The van der Waals surface area contributed by atoms with Gasteiger partial charge < -0.3 is 10.2 Å². The Morgan fingerprint density at radius 3 is 2.39 bits per heavy atom. The number of anilines is 2. The molecule has 1 aliphatic rings. The summed E-state index contributed by atoms with van der Waals surface area (Å²) in [6.07, 6.45) is 2.19. The summed E-state index contributed by atoms with van der Waals surface area (Å²) in [7, 11) is 0. The number of nitrogens with one attached hydrogen (secondary N) is 1. The number of carbonyl (C=O) groups is 1. The quantitative estimate of drug-likeness (QED) is 0.883. The van der Waals surface area contributed by atoms with Gasteiger partial charge in [-0.05, 0) is 37.1 Å². The molecular formula is C15H13F3N4O. The summed E-state index contributed by atoms with van der Waals surface area (Å²) in [5.41, 5.74) is -0.602. The predicted octanol–water partition coefficient (Wildman–Crippen LogP) is 2.75.